The third kappa shape index (κ3) is 3.52. The molecule has 7 nitrogen and oxygen atoms in total. The van der Waals surface area contributed by atoms with Crippen molar-refractivity contribution in [2.75, 3.05) is 37.7 Å². The quantitative estimate of drug-likeness (QED) is 0.866. The number of hydrogen-bond acceptors (Lipinski definition) is 7. The molecule has 7 heteroatoms. The van der Waals surface area contributed by atoms with E-state index in [2.05, 4.69) is 45.1 Å². The van der Waals surface area contributed by atoms with Gasteiger partial charge in [0.15, 0.2) is 0 Å². The Morgan fingerprint density at radius 3 is 2.62 bits per heavy atom. The van der Waals surface area contributed by atoms with Crippen molar-refractivity contribution in [2.45, 2.75) is 19.1 Å². The van der Waals surface area contributed by atoms with E-state index in [1.807, 2.05) is 18.5 Å². The van der Waals surface area contributed by atoms with Crippen LogP contribution in [0, 0.1) is 5.92 Å². The molecule has 0 radical (unpaired) electrons. The van der Waals surface area contributed by atoms with Gasteiger partial charge in [0.2, 0.25) is 5.96 Å². The zero-order chi connectivity index (χ0) is 19.6. The molecule has 3 aliphatic rings. The molecule has 1 aromatic carbocycles. The van der Waals surface area contributed by atoms with Crippen LogP contribution in [0.25, 0.3) is 0 Å². The molecule has 150 valence electrons. The Morgan fingerprint density at radius 1 is 1.07 bits per heavy atom. The summed E-state index contributed by atoms with van der Waals surface area (Å²) in [4.78, 5) is 19.1. The third-order valence-electron chi connectivity index (χ3n) is 5.94. The fourth-order valence-electron chi connectivity index (χ4n) is 4.36. The van der Waals surface area contributed by atoms with E-state index < -0.39 is 0 Å². The van der Waals surface area contributed by atoms with E-state index in [-0.39, 0.29) is 12.1 Å². The molecular formula is C22H26N6O. The van der Waals surface area contributed by atoms with Gasteiger partial charge in [0, 0.05) is 38.3 Å². The van der Waals surface area contributed by atoms with Crippen LogP contribution < -0.4 is 10.6 Å². The van der Waals surface area contributed by atoms with Gasteiger partial charge in [-0.1, -0.05) is 24.3 Å². The lowest BCUT2D eigenvalue weighted by Gasteiger charge is -2.35. The highest BCUT2D eigenvalue weighted by atomic mass is 16.5. The molecule has 3 aliphatic heterocycles. The van der Waals surface area contributed by atoms with Crippen molar-refractivity contribution in [3.8, 4) is 0 Å². The molecule has 2 unspecified atom stereocenters. The van der Waals surface area contributed by atoms with Crippen LogP contribution >= 0.6 is 0 Å². The summed E-state index contributed by atoms with van der Waals surface area (Å²) in [5, 5.41) is 0. The number of nitrogens with zero attached hydrogens (tertiary/aromatic N) is 5. The van der Waals surface area contributed by atoms with Crippen LogP contribution in [0.5, 0.6) is 0 Å². The maximum atomic E-state index is 5.79. The number of aromatic nitrogens is 1. The molecule has 0 aliphatic carbocycles. The number of fused-ring (bicyclic) bond motifs is 1. The number of morpholine rings is 1. The second-order valence-corrected chi connectivity index (χ2v) is 7.64. The second-order valence-electron chi connectivity index (χ2n) is 7.64. The number of ether oxygens (including phenoxy) is 1. The SMILES string of the molecule is NCc1ccc(C2=NC(N3CCOCC3)=NC3C2CCN3c2cccnc2)cc1. The lowest BCUT2D eigenvalue weighted by molar-refractivity contribution is 0.0672. The van der Waals surface area contributed by atoms with Crippen LogP contribution in [-0.2, 0) is 11.3 Å². The molecule has 0 spiro atoms. The summed E-state index contributed by atoms with van der Waals surface area (Å²) in [6.07, 6.45) is 4.80. The lowest BCUT2D eigenvalue weighted by Crippen LogP contribution is -2.45. The Hall–Kier alpha value is -2.77. The summed E-state index contributed by atoms with van der Waals surface area (Å²) in [6, 6.07) is 12.6. The largest absolute Gasteiger partial charge is 0.378 e. The Bertz CT molecular complexity index is 905. The monoisotopic (exact) mass is 390 g/mol. The van der Waals surface area contributed by atoms with Gasteiger partial charge in [-0.25, -0.2) is 9.98 Å². The fourth-order valence-corrected chi connectivity index (χ4v) is 4.36. The maximum absolute atomic E-state index is 5.79. The summed E-state index contributed by atoms with van der Waals surface area (Å²) in [7, 11) is 0. The van der Waals surface area contributed by atoms with Gasteiger partial charge < -0.3 is 20.3 Å². The van der Waals surface area contributed by atoms with E-state index in [4.69, 9.17) is 20.5 Å². The highest BCUT2D eigenvalue weighted by Gasteiger charge is 2.41. The number of anilines is 1. The predicted octanol–water partition coefficient (Wildman–Crippen LogP) is 1.88. The summed E-state index contributed by atoms with van der Waals surface area (Å²) in [5.74, 6) is 1.09. The molecule has 5 rings (SSSR count). The number of hydrogen-bond donors (Lipinski definition) is 1. The molecule has 0 amide bonds. The molecular weight excluding hydrogens is 364 g/mol. The average Bonchev–Trinajstić information content (AvgIpc) is 3.24. The first-order valence-corrected chi connectivity index (χ1v) is 10.3. The van der Waals surface area contributed by atoms with Crippen molar-refractivity contribution in [3.63, 3.8) is 0 Å². The molecule has 2 atom stereocenters. The minimum atomic E-state index is 0.0405. The van der Waals surface area contributed by atoms with E-state index in [1.54, 1.807) is 0 Å². The zero-order valence-electron chi connectivity index (χ0n) is 16.4. The Morgan fingerprint density at radius 2 is 1.90 bits per heavy atom. The molecule has 0 saturated carbocycles. The zero-order valence-corrected chi connectivity index (χ0v) is 16.4. The van der Waals surface area contributed by atoms with Crippen molar-refractivity contribution in [2.24, 2.45) is 21.6 Å². The van der Waals surface area contributed by atoms with Gasteiger partial charge in [0.05, 0.1) is 30.8 Å². The van der Waals surface area contributed by atoms with Gasteiger partial charge in [0.1, 0.15) is 6.17 Å². The number of pyridine rings is 1. The lowest BCUT2D eigenvalue weighted by atomic mass is 9.92. The second kappa shape index (κ2) is 7.93. The van der Waals surface area contributed by atoms with Gasteiger partial charge in [0.25, 0.3) is 0 Å². The van der Waals surface area contributed by atoms with E-state index in [9.17, 15) is 0 Å². The van der Waals surface area contributed by atoms with E-state index in [1.165, 1.54) is 0 Å². The summed E-state index contributed by atoms with van der Waals surface area (Å²) >= 11 is 0. The molecule has 2 aromatic rings. The molecule has 2 saturated heterocycles. The number of nitrogens with two attached hydrogens (primary N) is 1. The van der Waals surface area contributed by atoms with Crippen molar-refractivity contribution in [3.05, 3.63) is 59.9 Å². The van der Waals surface area contributed by atoms with E-state index in [0.717, 1.165) is 67.8 Å². The van der Waals surface area contributed by atoms with Gasteiger partial charge >= 0.3 is 0 Å². The van der Waals surface area contributed by atoms with Crippen LogP contribution in [0.1, 0.15) is 17.5 Å². The highest BCUT2D eigenvalue weighted by molar-refractivity contribution is 6.10. The Labute approximate surface area is 170 Å². The fraction of sp³-hybridized carbons (Fsp3) is 0.409. The predicted molar refractivity (Wildman–Crippen MR) is 114 cm³/mol. The number of rotatable bonds is 3. The number of aliphatic imine (C=N–C) groups is 2. The van der Waals surface area contributed by atoms with Crippen molar-refractivity contribution in [1.82, 2.24) is 9.88 Å². The molecule has 2 fully saturated rings. The molecule has 1 aromatic heterocycles. The summed E-state index contributed by atoms with van der Waals surface area (Å²) in [6.45, 7) is 4.58. The van der Waals surface area contributed by atoms with Crippen LogP contribution in [-0.4, -0.2) is 60.6 Å². The van der Waals surface area contributed by atoms with Crippen molar-refractivity contribution < 1.29 is 4.74 Å². The number of guanidine groups is 1. The topological polar surface area (TPSA) is 79.3 Å². The first-order chi connectivity index (χ1) is 14.3. The minimum Gasteiger partial charge on any atom is -0.378 e. The Balaban J connectivity index is 1.53. The van der Waals surface area contributed by atoms with Gasteiger partial charge in [-0.2, -0.15) is 0 Å². The molecule has 0 bridgehead atoms. The van der Waals surface area contributed by atoms with Gasteiger partial charge in [-0.05, 0) is 29.7 Å². The van der Waals surface area contributed by atoms with Crippen LogP contribution in [0.3, 0.4) is 0 Å². The molecule has 29 heavy (non-hydrogen) atoms. The standard InChI is InChI=1S/C22H26N6O/c23-14-16-3-5-17(6-4-16)20-19-7-9-28(18-2-1-8-24-15-18)21(19)26-22(25-20)27-10-12-29-13-11-27/h1-6,8,15,19,21H,7,9-14,23H2. The molecule has 4 heterocycles. The minimum absolute atomic E-state index is 0.0405. The smallest absolute Gasteiger partial charge is 0.223 e. The number of benzene rings is 1. The first-order valence-electron chi connectivity index (χ1n) is 10.3. The van der Waals surface area contributed by atoms with Crippen molar-refractivity contribution >= 4 is 17.4 Å². The normalized spacial score (nSPS) is 24.2. The summed E-state index contributed by atoms with van der Waals surface area (Å²) < 4.78 is 5.53. The van der Waals surface area contributed by atoms with E-state index >= 15 is 0 Å². The Kier molecular flexibility index (Phi) is 4.99. The summed E-state index contributed by atoms with van der Waals surface area (Å²) in [5.41, 5.74) is 10.3. The van der Waals surface area contributed by atoms with Crippen LogP contribution in [0.15, 0.2) is 58.8 Å². The van der Waals surface area contributed by atoms with E-state index in [0.29, 0.717) is 6.54 Å². The van der Waals surface area contributed by atoms with Gasteiger partial charge in [-0.15, -0.1) is 0 Å². The average molecular weight is 390 g/mol. The van der Waals surface area contributed by atoms with Crippen LogP contribution in [0.4, 0.5) is 5.69 Å². The third-order valence-corrected chi connectivity index (χ3v) is 5.94. The maximum Gasteiger partial charge on any atom is 0.223 e. The van der Waals surface area contributed by atoms with Crippen molar-refractivity contribution in [1.29, 1.82) is 0 Å². The van der Waals surface area contributed by atoms with Gasteiger partial charge in [-0.3, -0.25) is 4.98 Å². The van der Waals surface area contributed by atoms with Crippen LogP contribution in [0.2, 0.25) is 0 Å². The molecule has 2 N–H and O–H groups in total. The first kappa shape index (κ1) is 18.3. The highest BCUT2D eigenvalue weighted by Crippen LogP contribution is 2.35.